The molecule has 4 nitrogen and oxygen atoms in total. The van der Waals surface area contributed by atoms with E-state index >= 15 is 0 Å². The molecule has 1 amide bonds. The number of rotatable bonds is 5. The molecular weight excluding hydrogens is 226 g/mol. The van der Waals surface area contributed by atoms with E-state index in [1.807, 2.05) is 52.2 Å². The smallest absolute Gasteiger partial charge is 0.227 e. The molecular formula is C14H23N3O. The van der Waals surface area contributed by atoms with Gasteiger partial charge in [-0.05, 0) is 45.6 Å². The van der Waals surface area contributed by atoms with Crippen molar-refractivity contribution in [2.75, 3.05) is 26.4 Å². The number of likely N-dealkylation sites (N-methyl/N-ethyl adjacent to an activating group) is 1. The molecule has 2 unspecified atom stereocenters. The van der Waals surface area contributed by atoms with Gasteiger partial charge in [0.25, 0.3) is 0 Å². The molecule has 2 atom stereocenters. The van der Waals surface area contributed by atoms with Gasteiger partial charge in [-0.15, -0.1) is 0 Å². The molecule has 0 aliphatic rings. The molecule has 0 radical (unpaired) electrons. The Morgan fingerprint density at radius 3 is 2.61 bits per heavy atom. The Morgan fingerprint density at radius 2 is 2.06 bits per heavy atom. The van der Waals surface area contributed by atoms with Crippen molar-refractivity contribution in [1.82, 2.24) is 10.2 Å². The van der Waals surface area contributed by atoms with Gasteiger partial charge >= 0.3 is 0 Å². The number of carbonyl (C=O) groups is 1. The van der Waals surface area contributed by atoms with Crippen LogP contribution in [0.15, 0.2) is 24.3 Å². The first-order chi connectivity index (χ1) is 8.40. The summed E-state index contributed by atoms with van der Waals surface area (Å²) in [4.78, 5) is 14.1. The Kier molecular flexibility index (Phi) is 5.16. The van der Waals surface area contributed by atoms with E-state index < -0.39 is 0 Å². The Morgan fingerprint density at radius 1 is 1.39 bits per heavy atom. The average Bonchev–Trinajstić information content (AvgIpc) is 2.26. The van der Waals surface area contributed by atoms with Gasteiger partial charge < -0.3 is 16.0 Å². The summed E-state index contributed by atoms with van der Waals surface area (Å²) in [6, 6.07) is 7.61. The summed E-state index contributed by atoms with van der Waals surface area (Å²) in [5, 5.41) is 3.01. The van der Waals surface area contributed by atoms with Crippen LogP contribution in [0.5, 0.6) is 0 Å². The largest absolute Gasteiger partial charge is 0.399 e. The van der Waals surface area contributed by atoms with Crippen LogP contribution < -0.4 is 11.1 Å². The maximum absolute atomic E-state index is 12.1. The minimum atomic E-state index is -0.182. The van der Waals surface area contributed by atoms with E-state index in [-0.39, 0.29) is 17.9 Å². The lowest BCUT2D eigenvalue weighted by molar-refractivity contribution is -0.122. The summed E-state index contributed by atoms with van der Waals surface area (Å²) in [5.74, 6) is -0.145. The molecule has 3 N–H and O–H groups in total. The number of anilines is 1. The number of hydrogen-bond acceptors (Lipinski definition) is 3. The summed E-state index contributed by atoms with van der Waals surface area (Å²) < 4.78 is 0. The molecule has 0 aromatic heterocycles. The van der Waals surface area contributed by atoms with Crippen molar-refractivity contribution in [3.63, 3.8) is 0 Å². The molecule has 0 heterocycles. The molecule has 0 bridgehead atoms. The Bertz CT molecular complexity index is 404. The molecule has 4 heteroatoms. The van der Waals surface area contributed by atoms with Crippen molar-refractivity contribution in [3.8, 4) is 0 Å². The minimum Gasteiger partial charge on any atom is -0.399 e. The lowest BCUT2D eigenvalue weighted by Crippen LogP contribution is -2.41. The van der Waals surface area contributed by atoms with Gasteiger partial charge in [0.1, 0.15) is 0 Å². The third kappa shape index (κ3) is 4.37. The van der Waals surface area contributed by atoms with Crippen LogP contribution in [0.2, 0.25) is 0 Å². The van der Waals surface area contributed by atoms with Gasteiger partial charge in [-0.25, -0.2) is 0 Å². The van der Waals surface area contributed by atoms with E-state index in [1.165, 1.54) is 0 Å². The van der Waals surface area contributed by atoms with Crippen LogP contribution in [0.25, 0.3) is 0 Å². The molecule has 1 rings (SSSR count). The van der Waals surface area contributed by atoms with E-state index in [1.54, 1.807) is 0 Å². The maximum Gasteiger partial charge on any atom is 0.227 e. The van der Waals surface area contributed by atoms with Gasteiger partial charge in [-0.2, -0.15) is 0 Å². The first kappa shape index (κ1) is 14.5. The number of nitrogen functional groups attached to an aromatic ring is 1. The molecule has 0 saturated carbocycles. The highest BCUT2D eigenvalue weighted by Crippen LogP contribution is 2.17. The zero-order chi connectivity index (χ0) is 13.7. The molecule has 0 saturated heterocycles. The highest BCUT2D eigenvalue weighted by Gasteiger charge is 2.17. The number of nitrogens with two attached hydrogens (primary N) is 1. The fraction of sp³-hybridized carbons (Fsp3) is 0.500. The third-order valence-electron chi connectivity index (χ3n) is 2.83. The first-order valence-corrected chi connectivity index (χ1v) is 6.20. The molecule has 0 aliphatic carbocycles. The van der Waals surface area contributed by atoms with Crippen molar-refractivity contribution >= 4 is 11.6 Å². The third-order valence-corrected chi connectivity index (χ3v) is 2.83. The van der Waals surface area contributed by atoms with Gasteiger partial charge in [0.2, 0.25) is 5.91 Å². The number of nitrogens with zero attached hydrogens (tertiary/aromatic N) is 1. The average molecular weight is 249 g/mol. The lowest BCUT2D eigenvalue weighted by atomic mass is 9.99. The van der Waals surface area contributed by atoms with E-state index in [9.17, 15) is 4.79 Å². The van der Waals surface area contributed by atoms with Crippen LogP contribution >= 0.6 is 0 Å². The highest BCUT2D eigenvalue weighted by atomic mass is 16.1. The van der Waals surface area contributed by atoms with Crippen molar-refractivity contribution in [1.29, 1.82) is 0 Å². The van der Waals surface area contributed by atoms with Crippen molar-refractivity contribution < 1.29 is 4.79 Å². The molecule has 1 aromatic rings. The first-order valence-electron chi connectivity index (χ1n) is 6.20. The fourth-order valence-electron chi connectivity index (χ4n) is 1.94. The van der Waals surface area contributed by atoms with Gasteiger partial charge in [0.05, 0.1) is 5.92 Å². The summed E-state index contributed by atoms with van der Waals surface area (Å²) in [7, 11) is 3.98. The molecule has 0 spiro atoms. The summed E-state index contributed by atoms with van der Waals surface area (Å²) >= 11 is 0. The second-order valence-corrected chi connectivity index (χ2v) is 5.06. The Labute approximate surface area is 109 Å². The van der Waals surface area contributed by atoms with Crippen LogP contribution in [-0.2, 0) is 4.79 Å². The molecule has 0 fully saturated rings. The van der Waals surface area contributed by atoms with E-state index in [2.05, 4.69) is 10.2 Å². The van der Waals surface area contributed by atoms with Crippen LogP contribution in [-0.4, -0.2) is 37.5 Å². The predicted molar refractivity (Wildman–Crippen MR) is 75.4 cm³/mol. The normalized spacial score (nSPS) is 14.3. The second kappa shape index (κ2) is 6.40. The van der Waals surface area contributed by atoms with Crippen molar-refractivity contribution in [3.05, 3.63) is 29.8 Å². The van der Waals surface area contributed by atoms with E-state index in [0.29, 0.717) is 5.69 Å². The second-order valence-electron chi connectivity index (χ2n) is 5.06. The number of benzene rings is 1. The monoisotopic (exact) mass is 249 g/mol. The maximum atomic E-state index is 12.1. The highest BCUT2D eigenvalue weighted by molar-refractivity contribution is 5.83. The molecule has 1 aromatic carbocycles. The van der Waals surface area contributed by atoms with Crippen LogP contribution in [0, 0.1) is 0 Å². The number of nitrogens with one attached hydrogen (secondary N) is 1. The summed E-state index contributed by atoms with van der Waals surface area (Å²) in [6.45, 7) is 4.73. The van der Waals surface area contributed by atoms with Crippen LogP contribution in [0.4, 0.5) is 5.69 Å². The zero-order valence-corrected chi connectivity index (χ0v) is 11.6. The molecule has 18 heavy (non-hydrogen) atoms. The Hall–Kier alpha value is -1.55. The summed E-state index contributed by atoms with van der Waals surface area (Å²) in [6.07, 6.45) is 0. The minimum absolute atomic E-state index is 0.0370. The van der Waals surface area contributed by atoms with E-state index in [0.717, 1.165) is 12.1 Å². The zero-order valence-electron chi connectivity index (χ0n) is 11.6. The Balaban J connectivity index is 2.61. The van der Waals surface area contributed by atoms with Gasteiger partial charge in [0, 0.05) is 18.3 Å². The molecule has 0 aliphatic heterocycles. The van der Waals surface area contributed by atoms with E-state index in [4.69, 9.17) is 5.73 Å². The fourth-order valence-corrected chi connectivity index (χ4v) is 1.94. The van der Waals surface area contributed by atoms with Crippen molar-refractivity contribution in [2.24, 2.45) is 0 Å². The van der Waals surface area contributed by atoms with Gasteiger partial charge in [-0.3, -0.25) is 4.79 Å². The topological polar surface area (TPSA) is 58.4 Å². The quantitative estimate of drug-likeness (QED) is 0.776. The SMILES string of the molecule is CC(CN(C)C)NC(=O)C(C)c1cccc(N)c1. The lowest BCUT2D eigenvalue weighted by Gasteiger charge is -2.20. The number of hydrogen-bond donors (Lipinski definition) is 2. The number of amides is 1. The standard InChI is InChI=1S/C14H23N3O/c1-10(9-17(3)4)16-14(18)11(2)12-6-5-7-13(15)8-12/h5-8,10-11H,9,15H2,1-4H3,(H,16,18). The molecule has 100 valence electrons. The van der Waals surface area contributed by atoms with Crippen molar-refractivity contribution in [2.45, 2.75) is 25.8 Å². The van der Waals surface area contributed by atoms with Gasteiger partial charge in [-0.1, -0.05) is 12.1 Å². The predicted octanol–water partition coefficient (Wildman–Crippen LogP) is 1.44. The van der Waals surface area contributed by atoms with Gasteiger partial charge in [0.15, 0.2) is 0 Å². The summed E-state index contributed by atoms with van der Waals surface area (Å²) in [5.41, 5.74) is 7.36. The number of carbonyl (C=O) groups excluding carboxylic acids is 1. The van der Waals surface area contributed by atoms with Crippen LogP contribution in [0.1, 0.15) is 25.3 Å². The van der Waals surface area contributed by atoms with Crippen LogP contribution in [0.3, 0.4) is 0 Å².